The number of hydrogen-bond acceptors (Lipinski definition) is 5. The first-order valence-electron chi connectivity index (χ1n) is 9.11. The molecule has 0 aliphatic rings. The largest absolute Gasteiger partial charge is 0.315 e. The fraction of sp³-hybridized carbons (Fsp3) is 0.300. The first-order chi connectivity index (χ1) is 13.4. The highest BCUT2D eigenvalue weighted by atomic mass is 35.5. The third-order valence-corrected chi connectivity index (χ3v) is 4.85. The smallest absolute Gasteiger partial charge is 0.262 e. The summed E-state index contributed by atoms with van der Waals surface area (Å²) < 4.78 is 3.37. The molecule has 3 aromatic heterocycles. The number of halogens is 1. The highest BCUT2D eigenvalue weighted by molar-refractivity contribution is 6.30. The lowest BCUT2D eigenvalue weighted by atomic mass is 10.1. The number of pyridine rings is 1. The van der Waals surface area contributed by atoms with Crippen molar-refractivity contribution in [3.63, 3.8) is 0 Å². The zero-order valence-corrected chi connectivity index (χ0v) is 16.8. The van der Waals surface area contributed by atoms with Crippen molar-refractivity contribution in [2.45, 2.75) is 19.9 Å². The normalized spacial score (nSPS) is 11.8. The van der Waals surface area contributed by atoms with Crippen LogP contribution >= 0.6 is 11.6 Å². The van der Waals surface area contributed by atoms with E-state index < -0.39 is 0 Å². The van der Waals surface area contributed by atoms with Crippen LogP contribution in [0.3, 0.4) is 0 Å². The van der Waals surface area contributed by atoms with Crippen molar-refractivity contribution in [3.05, 3.63) is 57.7 Å². The molecule has 4 aromatic rings. The second-order valence-corrected chi connectivity index (χ2v) is 7.51. The summed E-state index contributed by atoms with van der Waals surface area (Å²) in [6.45, 7) is 3.35. The van der Waals surface area contributed by atoms with Crippen LogP contribution in [0.4, 0.5) is 0 Å². The van der Waals surface area contributed by atoms with E-state index in [4.69, 9.17) is 11.6 Å². The van der Waals surface area contributed by atoms with Crippen molar-refractivity contribution in [3.8, 4) is 11.3 Å². The molecule has 0 atom stereocenters. The van der Waals surface area contributed by atoms with E-state index in [1.165, 1.54) is 0 Å². The van der Waals surface area contributed by atoms with Crippen LogP contribution < -0.4 is 5.56 Å². The van der Waals surface area contributed by atoms with Crippen LogP contribution in [0.1, 0.15) is 12.2 Å². The van der Waals surface area contributed by atoms with Gasteiger partial charge >= 0.3 is 0 Å². The van der Waals surface area contributed by atoms with Gasteiger partial charge in [-0.05, 0) is 52.2 Å². The van der Waals surface area contributed by atoms with Gasteiger partial charge in [-0.1, -0.05) is 23.7 Å². The van der Waals surface area contributed by atoms with Gasteiger partial charge in [0.25, 0.3) is 11.3 Å². The maximum absolute atomic E-state index is 13.3. The molecule has 0 spiro atoms. The number of aryl methyl sites for hydroxylation is 2. The molecule has 0 saturated carbocycles. The van der Waals surface area contributed by atoms with E-state index in [0.29, 0.717) is 39.8 Å². The second-order valence-electron chi connectivity index (χ2n) is 7.07. The van der Waals surface area contributed by atoms with E-state index in [1.54, 1.807) is 28.3 Å². The maximum Gasteiger partial charge on any atom is 0.262 e. The Balaban J connectivity index is 1.99. The topological polar surface area (TPSA) is 68.3 Å². The van der Waals surface area contributed by atoms with E-state index in [9.17, 15) is 4.79 Å². The predicted octanol–water partition coefficient (Wildman–Crippen LogP) is 3.02. The van der Waals surface area contributed by atoms with Gasteiger partial charge in [0.05, 0.1) is 16.6 Å². The summed E-state index contributed by atoms with van der Waals surface area (Å²) in [5, 5.41) is 5.58. The third-order valence-electron chi connectivity index (χ3n) is 4.61. The molecule has 0 bridgehead atoms. The number of benzene rings is 1. The molecule has 1 aromatic carbocycles. The van der Waals surface area contributed by atoms with Gasteiger partial charge < -0.3 is 9.47 Å². The zero-order chi connectivity index (χ0) is 19.8. The molecule has 0 N–H and O–H groups in total. The summed E-state index contributed by atoms with van der Waals surface area (Å²) in [6.07, 6.45) is 2.68. The second kappa shape index (κ2) is 7.33. The van der Waals surface area contributed by atoms with Gasteiger partial charge in [0, 0.05) is 23.3 Å². The molecule has 0 amide bonds. The molecule has 144 valence electrons. The number of rotatable bonds is 5. The Kier molecular flexibility index (Phi) is 4.87. The predicted molar refractivity (Wildman–Crippen MR) is 111 cm³/mol. The van der Waals surface area contributed by atoms with Crippen molar-refractivity contribution in [2.24, 2.45) is 0 Å². The zero-order valence-electron chi connectivity index (χ0n) is 16.1. The highest BCUT2D eigenvalue weighted by Gasteiger charge is 2.18. The minimum atomic E-state index is -0.0891. The Hall–Kier alpha value is -2.77. The molecule has 0 fully saturated rings. The lowest BCUT2D eigenvalue weighted by Crippen LogP contribution is -2.23. The van der Waals surface area contributed by atoms with Crippen LogP contribution in [0.15, 0.2) is 41.3 Å². The Bertz CT molecular complexity index is 1230. The van der Waals surface area contributed by atoms with Gasteiger partial charge in [-0.15, -0.1) is 5.10 Å². The van der Waals surface area contributed by atoms with E-state index in [0.717, 1.165) is 18.5 Å². The van der Waals surface area contributed by atoms with Crippen LogP contribution in [0.2, 0.25) is 5.02 Å². The molecule has 0 aliphatic heterocycles. The van der Waals surface area contributed by atoms with Crippen LogP contribution in [0.25, 0.3) is 27.9 Å². The molecule has 3 heterocycles. The first-order valence-corrected chi connectivity index (χ1v) is 9.49. The van der Waals surface area contributed by atoms with Crippen LogP contribution in [0.5, 0.6) is 0 Å². The lowest BCUT2D eigenvalue weighted by molar-refractivity contribution is 0.385. The number of nitrogens with zero attached hydrogens (tertiary/aromatic N) is 6. The van der Waals surface area contributed by atoms with Gasteiger partial charge in [-0.25, -0.2) is 4.98 Å². The number of aromatic nitrogens is 5. The summed E-state index contributed by atoms with van der Waals surface area (Å²) in [4.78, 5) is 24.4. The maximum atomic E-state index is 13.3. The summed E-state index contributed by atoms with van der Waals surface area (Å²) >= 11 is 6.22. The van der Waals surface area contributed by atoms with E-state index in [-0.39, 0.29) is 5.56 Å². The summed E-state index contributed by atoms with van der Waals surface area (Å²) in [7, 11) is 4.04. The lowest BCUT2D eigenvalue weighted by Gasteiger charge is -2.13. The van der Waals surface area contributed by atoms with Crippen molar-refractivity contribution in [1.29, 1.82) is 0 Å². The molecule has 8 heteroatoms. The number of hydrogen-bond donors (Lipinski definition) is 0. The van der Waals surface area contributed by atoms with Crippen molar-refractivity contribution >= 4 is 28.3 Å². The monoisotopic (exact) mass is 396 g/mol. The molecule has 0 aliphatic carbocycles. The average Bonchev–Trinajstić information content (AvgIpc) is 3.01. The molecule has 7 nitrogen and oxygen atoms in total. The minimum Gasteiger partial charge on any atom is -0.315 e. The van der Waals surface area contributed by atoms with Gasteiger partial charge in [0.2, 0.25) is 0 Å². The Morgan fingerprint density at radius 2 is 2.00 bits per heavy atom. The summed E-state index contributed by atoms with van der Waals surface area (Å²) in [6, 6.07) is 9.27. The third kappa shape index (κ3) is 3.39. The summed E-state index contributed by atoms with van der Waals surface area (Å²) in [5.41, 5.74) is 1.98. The standard InChI is InChI=1S/C20H21ClN6O/c1-13-22-20-23-16-8-11-26(10-5-9-25(2)3)19(28)17(16)18(27(20)24-13)14-6-4-7-15(21)12-14/h4,6-8,11-12H,5,9-10H2,1-3H3. The minimum absolute atomic E-state index is 0.0891. The molecule has 28 heavy (non-hydrogen) atoms. The van der Waals surface area contributed by atoms with Gasteiger partial charge in [0.15, 0.2) is 0 Å². The van der Waals surface area contributed by atoms with Crippen LogP contribution in [-0.2, 0) is 6.54 Å². The SMILES string of the molecule is Cc1nc2nc3ccn(CCCN(C)C)c(=O)c3c(-c3cccc(Cl)c3)n2n1. The Morgan fingerprint density at radius 3 is 2.75 bits per heavy atom. The molecule has 0 unspecified atom stereocenters. The summed E-state index contributed by atoms with van der Waals surface area (Å²) in [5.74, 6) is 1.06. The van der Waals surface area contributed by atoms with E-state index in [1.807, 2.05) is 38.4 Å². The fourth-order valence-electron chi connectivity index (χ4n) is 3.36. The molecule has 0 radical (unpaired) electrons. The van der Waals surface area contributed by atoms with Crippen molar-refractivity contribution in [2.75, 3.05) is 20.6 Å². The van der Waals surface area contributed by atoms with Gasteiger partial charge in [0.1, 0.15) is 5.82 Å². The molecular formula is C20H21ClN6O. The van der Waals surface area contributed by atoms with Gasteiger partial charge in [-0.2, -0.15) is 9.50 Å². The molecular weight excluding hydrogens is 376 g/mol. The van der Waals surface area contributed by atoms with Crippen molar-refractivity contribution < 1.29 is 0 Å². The average molecular weight is 397 g/mol. The quantitative estimate of drug-likeness (QED) is 0.518. The highest BCUT2D eigenvalue weighted by Crippen LogP contribution is 2.28. The Morgan fingerprint density at radius 1 is 1.18 bits per heavy atom. The van der Waals surface area contributed by atoms with Crippen LogP contribution in [-0.4, -0.2) is 49.7 Å². The Labute approximate surface area is 167 Å². The van der Waals surface area contributed by atoms with E-state index >= 15 is 0 Å². The fourth-order valence-corrected chi connectivity index (χ4v) is 3.55. The molecule has 4 rings (SSSR count). The van der Waals surface area contributed by atoms with E-state index in [2.05, 4.69) is 20.0 Å². The molecule has 0 saturated heterocycles. The first kappa shape index (κ1) is 18.6. The number of fused-ring (bicyclic) bond motifs is 2. The van der Waals surface area contributed by atoms with Crippen LogP contribution in [0, 0.1) is 6.92 Å². The van der Waals surface area contributed by atoms with Crippen molar-refractivity contribution in [1.82, 2.24) is 29.0 Å². The van der Waals surface area contributed by atoms with Gasteiger partial charge in [-0.3, -0.25) is 4.79 Å².